The number of hydrogen-bond donors (Lipinski definition) is 4. The van der Waals surface area contributed by atoms with Crippen LogP contribution in [0.3, 0.4) is 0 Å². The van der Waals surface area contributed by atoms with Gasteiger partial charge in [0.1, 0.15) is 11.2 Å². The van der Waals surface area contributed by atoms with Crippen molar-refractivity contribution in [3.63, 3.8) is 0 Å². The highest BCUT2D eigenvalue weighted by molar-refractivity contribution is 6.39. The Bertz CT molecular complexity index is 2280. The van der Waals surface area contributed by atoms with E-state index in [9.17, 15) is 14.4 Å². The van der Waals surface area contributed by atoms with Gasteiger partial charge in [0.2, 0.25) is 5.88 Å². The van der Waals surface area contributed by atoms with Crippen LogP contribution in [0.15, 0.2) is 64.3 Å². The Morgan fingerprint density at radius 2 is 1.70 bits per heavy atom. The minimum absolute atomic E-state index is 0.0244. The molecule has 50 heavy (non-hydrogen) atoms. The summed E-state index contributed by atoms with van der Waals surface area (Å²) in [5, 5.41) is 13.3. The van der Waals surface area contributed by atoms with Gasteiger partial charge in [-0.1, -0.05) is 53.5 Å². The Kier molecular flexibility index (Phi) is 9.02. The van der Waals surface area contributed by atoms with E-state index in [0.717, 1.165) is 72.3 Å². The average molecular weight is 716 g/mol. The second-order valence-electron chi connectivity index (χ2n) is 12.7. The number of nitrogens with zero attached hydrogens (tertiary/aromatic N) is 4. The van der Waals surface area contributed by atoms with Crippen molar-refractivity contribution in [2.24, 2.45) is 14.1 Å². The molecule has 0 saturated carbocycles. The van der Waals surface area contributed by atoms with E-state index >= 15 is 0 Å². The van der Waals surface area contributed by atoms with Crippen LogP contribution in [-0.2, 0) is 26.9 Å². The number of hydrogen-bond acceptors (Lipinski definition) is 8. The fraction of sp³-hybridized carbons (Fsp3) is 0.306. The first kappa shape index (κ1) is 33.6. The molecule has 1 atom stereocenters. The van der Waals surface area contributed by atoms with Crippen LogP contribution < -0.4 is 37.3 Å². The molecule has 2 aliphatic heterocycles. The van der Waals surface area contributed by atoms with Crippen molar-refractivity contribution < 1.29 is 9.53 Å². The third-order valence-electron chi connectivity index (χ3n) is 9.65. The fourth-order valence-corrected chi connectivity index (χ4v) is 7.55. The van der Waals surface area contributed by atoms with Gasteiger partial charge in [-0.25, -0.2) is 19.6 Å². The Labute approximate surface area is 297 Å². The van der Waals surface area contributed by atoms with Crippen molar-refractivity contribution >= 4 is 51.6 Å². The number of methoxy groups -OCH3 is 1. The first-order chi connectivity index (χ1) is 24.1. The van der Waals surface area contributed by atoms with Gasteiger partial charge in [-0.15, -0.1) is 0 Å². The molecular weight excluding hydrogens is 679 g/mol. The monoisotopic (exact) mass is 714 g/mol. The lowest BCUT2D eigenvalue weighted by atomic mass is 9.99. The smallest absolute Gasteiger partial charge is 0.330 e. The number of aryl methyl sites for hydroxylation is 2. The summed E-state index contributed by atoms with van der Waals surface area (Å²) in [5.74, 6) is 0.934. The first-order valence-corrected chi connectivity index (χ1v) is 17.1. The maximum absolute atomic E-state index is 13.0. The summed E-state index contributed by atoms with van der Waals surface area (Å²) in [6.07, 6.45) is 5.61. The molecule has 12 nitrogen and oxygen atoms in total. The number of nitrogens with one attached hydrogen (secondary N) is 4. The zero-order valence-corrected chi connectivity index (χ0v) is 29.3. The number of amides is 2. The molecule has 0 radical (unpaired) electrons. The molecule has 5 heterocycles. The van der Waals surface area contributed by atoms with Crippen LogP contribution in [0.2, 0.25) is 10.0 Å². The molecule has 2 fully saturated rings. The Morgan fingerprint density at radius 3 is 2.42 bits per heavy atom. The third-order valence-corrected chi connectivity index (χ3v) is 10.5. The molecule has 14 heteroatoms. The van der Waals surface area contributed by atoms with Crippen molar-refractivity contribution in [2.75, 3.05) is 32.1 Å². The molecule has 3 aromatic heterocycles. The van der Waals surface area contributed by atoms with Gasteiger partial charge >= 0.3 is 11.7 Å². The van der Waals surface area contributed by atoms with Crippen LogP contribution in [-0.4, -0.2) is 57.4 Å². The van der Waals surface area contributed by atoms with Gasteiger partial charge in [0.15, 0.2) is 0 Å². The minimum atomic E-state index is -0.450. The van der Waals surface area contributed by atoms with Gasteiger partial charge in [0.25, 0.3) is 5.56 Å². The van der Waals surface area contributed by atoms with E-state index in [2.05, 4.69) is 32.3 Å². The third kappa shape index (κ3) is 5.97. The summed E-state index contributed by atoms with van der Waals surface area (Å²) in [6, 6.07) is 15.0. The van der Waals surface area contributed by atoms with E-state index in [1.54, 1.807) is 32.5 Å². The normalized spacial score (nSPS) is 17.7. The highest BCUT2D eigenvalue weighted by atomic mass is 35.5. The maximum atomic E-state index is 13.0. The Balaban J connectivity index is 0.000000334. The van der Waals surface area contributed by atoms with Crippen LogP contribution in [0.1, 0.15) is 24.0 Å². The van der Waals surface area contributed by atoms with Gasteiger partial charge in [0, 0.05) is 55.6 Å². The van der Waals surface area contributed by atoms with E-state index in [1.807, 2.05) is 30.3 Å². The van der Waals surface area contributed by atoms with E-state index in [0.29, 0.717) is 38.5 Å². The predicted molar refractivity (Wildman–Crippen MR) is 196 cm³/mol. The van der Waals surface area contributed by atoms with Gasteiger partial charge in [0.05, 0.1) is 39.6 Å². The summed E-state index contributed by atoms with van der Waals surface area (Å²) < 4.78 is 8.06. The van der Waals surface area contributed by atoms with Crippen molar-refractivity contribution in [2.45, 2.75) is 31.2 Å². The number of carbonyl (C=O) groups is 1. The molecule has 1 aliphatic carbocycles. The predicted octanol–water partition coefficient (Wildman–Crippen LogP) is 4.94. The molecule has 8 rings (SSSR count). The molecule has 4 N–H and O–H groups in total. The van der Waals surface area contributed by atoms with Crippen LogP contribution in [0.4, 0.5) is 16.3 Å². The van der Waals surface area contributed by atoms with Gasteiger partial charge in [-0.2, -0.15) is 0 Å². The number of fused-ring (bicyclic) bond motifs is 2. The maximum Gasteiger partial charge on any atom is 0.330 e. The van der Waals surface area contributed by atoms with Gasteiger partial charge < -0.3 is 26.0 Å². The lowest BCUT2D eigenvalue weighted by molar-refractivity contribution is 0.245. The van der Waals surface area contributed by atoms with Crippen LogP contribution in [0.5, 0.6) is 5.88 Å². The number of carbonyl (C=O) groups excluding carboxylic acids is 1. The van der Waals surface area contributed by atoms with Gasteiger partial charge in [-0.05, 0) is 56.0 Å². The van der Waals surface area contributed by atoms with Crippen LogP contribution in [0, 0.1) is 0 Å². The highest BCUT2D eigenvalue weighted by Gasteiger charge is 2.39. The SMILES string of the molecule is COc1nc(-c2cccc(-c3cccc(Nc4nccc5c4c(=O)n(C)c(=O)n5C)c3Cl)c2Cl)cc2c1CCC2.O=C1NCC2(CCNC2)N1. The molecule has 3 aliphatic rings. The van der Waals surface area contributed by atoms with E-state index in [1.165, 1.54) is 17.2 Å². The summed E-state index contributed by atoms with van der Waals surface area (Å²) in [5.41, 5.74) is 5.53. The zero-order chi connectivity index (χ0) is 35.2. The second kappa shape index (κ2) is 13.4. The number of urea groups is 1. The van der Waals surface area contributed by atoms with Crippen molar-refractivity contribution in [3.05, 3.63) is 96.7 Å². The highest BCUT2D eigenvalue weighted by Crippen LogP contribution is 2.43. The largest absolute Gasteiger partial charge is 0.481 e. The standard InChI is InChI=1S/C30H25Cl2N5O3.C6H11N3O/c1-36-23-13-14-33-27(24(23)29(38)37(2)30(36)39)34-21-12-6-10-19(26(21)32)18-9-5-11-20(25(18)31)22-15-16-7-4-8-17(16)28(35-22)40-3;10-5-8-4-6(9-5)1-2-7-3-6/h5-6,9-15H,4,7-8H2,1-3H3,(H,33,34);7H,1-4H2,(H2,8,9,10). The summed E-state index contributed by atoms with van der Waals surface area (Å²) >= 11 is 14.0. The van der Waals surface area contributed by atoms with Crippen LogP contribution in [0.25, 0.3) is 33.3 Å². The van der Waals surface area contributed by atoms with E-state index in [4.69, 9.17) is 32.9 Å². The van der Waals surface area contributed by atoms with Crippen molar-refractivity contribution in [3.8, 4) is 28.3 Å². The Hall–Kier alpha value is -4.91. The number of benzene rings is 2. The lowest BCUT2D eigenvalue weighted by Gasteiger charge is -2.18. The van der Waals surface area contributed by atoms with Crippen LogP contribution >= 0.6 is 23.2 Å². The quantitative estimate of drug-likeness (QED) is 0.201. The molecule has 5 aromatic rings. The summed E-state index contributed by atoms with van der Waals surface area (Å²) in [4.78, 5) is 45.4. The zero-order valence-electron chi connectivity index (χ0n) is 27.8. The molecule has 1 spiro atoms. The van der Waals surface area contributed by atoms with Crippen molar-refractivity contribution in [1.29, 1.82) is 0 Å². The number of pyridine rings is 2. The molecule has 2 aromatic carbocycles. The van der Waals surface area contributed by atoms with E-state index in [-0.39, 0.29) is 17.0 Å². The molecule has 258 valence electrons. The fourth-order valence-electron chi connectivity index (χ4n) is 6.95. The number of halogens is 2. The number of anilines is 2. The number of aromatic nitrogens is 4. The summed E-state index contributed by atoms with van der Waals surface area (Å²) in [6.45, 7) is 2.70. The Morgan fingerprint density at radius 1 is 0.940 bits per heavy atom. The average Bonchev–Trinajstić information content (AvgIpc) is 3.89. The second-order valence-corrected chi connectivity index (χ2v) is 13.5. The van der Waals surface area contributed by atoms with Gasteiger partial charge in [-0.3, -0.25) is 13.9 Å². The van der Waals surface area contributed by atoms with Crippen molar-refractivity contribution in [1.82, 2.24) is 35.1 Å². The molecule has 2 amide bonds. The first-order valence-electron chi connectivity index (χ1n) is 16.3. The molecular formula is C36H36Cl2N8O4. The number of ether oxygens (including phenoxy) is 1. The lowest BCUT2D eigenvalue weighted by Crippen LogP contribution is -2.45. The van der Waals surface area contributed by atoms with E-state index < -0.39 is 11.2 Å². The molecule has 0 bridgehead atoms. The molecule has 2 saturated heterocycles. The minimum Gasteiger partial charge on any atom is -0.481 e. The topological polar surface area (TPSA) is 144 Å². The number of rotatable bonds is 5. The summed E-state index contributed by atoms with van der Waals surface area (Å²) in [7, 11) is 4.69. The molecule has 1 unspecified atom stereocenters.